The lowest BCUT2D eigenvalue weighted by molar-refractivity contribution is 0.127. The van der Waals surface area contributed by atoms with E-state index in [4.69, 9.17) is 14.2 Å². The lowest BCUT2D eigenvalue weighted by Crippen LogP contribution is -2.32. The van der Waals surface area contributed by atoms with Gasteiger partial charge in [-0.25, -0.2) is 0 Å². The number of allylic oxidation sites excluding steroid dienone is 2. The molecule has 5 nitrogen and oxygen atoms in total. The SMILES string of the molecule is COc1ccc([C@H]2COc3c(ccc4c3C=C[C@](C)(CCC=C(C)C)O4)C2)c(O)c1O. The molecule has 0 saturated carbocycles. The molecule has 0 spiro atoms. The van der Waals surface area contributed by atoms with Gasteiger partial charge in [0, 0.05) is 11.5 Å². The second-order valence-corrected chi connectivity index (χ2v) is 8.80. The third-order valence-electron chi connectivity index (χ3n) is 6.08. The van der Waals surface area contributed by atoms with Crippen molar-refractivity contribution in [2.24, 2.45) is 0 Å². The largest absolute Gasteiger partial charge is 0.504 e. The van der Waals surface area contributed by atoms with Crippen LogP contribution in [0.2, 0.25) is 0 Å². The van der Waals surface area contributed by atoms with Crippen LogP contribution in [0.15, 0.2) is 42.0 Å². The minimum atomic E-state index is -0.337. The molecule has 0 aromatic heterocycles. The molecule has 2 atom stereocenters. The molecule has 2 N–H and O–H groups in total. The molecule has 31 heavy (non-hydrogen) atoms. The first-order valence-corrected chi connectivity index (χ1v) is 10.7. The number of rotatable bonds is 5. The van der Waals surface area contributed by atoms with Gasteiger partial charge in [-0.3, -0.25) is 0 Å². The van der Waals surface area contributed by atoms with Crippen molar-refractivity contribution in [3.8, 4) is 28.7 Å². The van der Waals surface area contributed by atoms with Crippen molar-refractivity contribution in [3.63, 3.8) is 0 Å². The number of phenols is 2. The first kappa shape index (κ1) is 21.2. The van der Waals surface area contributed by atoms with Gasteiger partial charge in [0.15, 0.2) is 11.5 Å². The van der Waals surface area contributed by atoms with E-state index >= 15 is 0 Å². The van der Waals surface area contributed by atoms with Crippen LogP contribution in [-0.2, 0) is 6.42 Å². The normalized spacial score (nSPS) is 21.4. The minimum absolute atomic E-state index is 0.0646. The average Bonchev–Trinajstić information content (AvgIpc) is 2.74. The molecule has 0 fully saturated rings. The maximum Gasteiger partial charge on any atom is 0.200 e. The van der Waals surface area contributed by atoms with Gasteiger partial charge in [-0.2, -0.15) is 0 Å². The minimum Gasteiger partial charge on any atom is -0.504 e. The molecular formula is C26H30O5. The van der Waals surface area contributed by atoms with E-state index in [0.717, 1.165) is 35.5 Å². The maximum absolute atomic E-state index is 10.4. The zero-order chi connectivity index (χ0) is 22.2. The highest BCUT2D eigenvalue weighted by atomic mass is 16.5. The fourth-order valence-corrected chi connectivity index (χ4v) is 4.31. The zero-order valence-corrected chi connectivity index (χ0v) is 18.6. The van der Waals surface area contributed by atoms with Crippen molar-refractivity contribution in [2.75, 3.05) is 13.7 Å². The third kappa shape index (κ3) is 4.09. The van der Waals surface area contributed by atoms with Gasteiger partial charge in [0.1, 0.15) is 17.1 Å². The Morgan fingerprint density at radius 2 is 2.00 bits per heavy atom. The monoisotopic (exact) mass is 422 g/mol. The number of benzene rings is 2. The highest BCUT2D eigenvalue weighted by Crippen LogP contribution is 2.47. The number of methoxy groups -OCH3 is 1. The van der Waals surface area contributed by atoms with Crippen molar-refractivity contribution in [3.05, 3.63) is 58.7 Å². The molecule has 0 radical (unpaired) electrons. The molecule has 2 aliphatic rings. The summed E-state index contributed by atoms with van der Waals surface area (Å²) < 4.78 is 17.6. The van der Waals surface area contributed by atoms with Gasteiger partial charge in [0.2, 0.25) is 5.75 Å². The van der Waals surface area contributed by atoms with Crippen LogP contribution >= 0.6 is 0 Å². The molecule has 2 aromatic rings. The quantitative estimate of drug-likeness (QED) is 0.475. The van der Waals surface area contributed by atoms with E-state index in [-0.39, 0.29) is 28.8 Å². The number of aromatic hydroxyl groups is 2. The van der Waals surface area contributed by atoms with Crippen LogP contribution < -0.4 is 14.2 Å². The first-order chi connectivity index (χ1) is 14.8. The fraction of sp³-hybridized carbons (Fsp3) is 0.385. The second-order valence-electron chi connectivity index (χ2n) is 8.80. The molecule has 4 rings (SSSR count). The van der Waals surface area contributed by atoms with Crippen LogP contribution in [0.1, 0.15) is 56.2 Å². The lowest BCUT2D eigenvalue weighted by Gasteiger charge is -2.34. The van der Waals surface area contributed by atoms with Crippen LogP contribution in [0.4, 0.5) is 0 Å². The van der Waals surface area contributed by atoms with Gasteiger partial charge in [0.05, 0.1) is 19.3 Å². The van der Waals surface area contributed by atoms with E-state index in [1.807, 2.05) is 12.1 Å². The molecule has 164 valence electrons. The predicted molar refractivity (Wildman–Crippen MR) is 121 cm³/mol. The van der Waals surface area contributed by atoms with Gasteiger partial charge in [-0.1, -0.05) is 23.8 Å². The van der Waals surface area contributed by atoms with E-state index in [1.165, 1.54) is 12.7 Å². The van der Waals surface area contributed by atoms with Gasteiger partial charge >= 0.3 is 0 Å². The van der Waals surface area contributed by atoms with Crippen LogP contribution in [0.3, 0.4) is 0 Å². The van der Waals surface area contributed by atoms with Crippen molar-refractivity contribution >= 4 is 6.08 Å². The van der Waals surface area contributed by atoms with E-state index in [2.05, 4.69) is 39.0 Å². The Hall–Kier alpha value is -3.08. The second kappa shape index (κ2) is 8.22. The highest BCUT2D eigenvalue weighted by molar-refractivity contribution is 5.70. The third-order valence-corrected chi connectivity index (χ3v) is 6.08. The Labute approximate surface area is 183 Å². The predicted octanol–water partition coefficient (Wildman–Crippen LogP) is 5.74. The molecule has 0 aliphatic carbocycles. The Morgan fingerprint density at radius 1 is 1.19 bits per heavy atom. The van der Waals surface area contributed by atoms with Crippen molar-refractivity contribution in [2.45, 2.75) is 51.6 Å². The smallest absolute Gasteiger partial charge is 0.200 e. The van der Waals surface area contributed by atoms with E-state index in [9.17, 15) is 10.2 Å². The summed E-state index contributed by atoms with van der Waals surface area (Å²) in [5.74, 6) is 1.48. The number of phenolic OH excluding ortho intramolecular Hbond substituents is 2. The number of ether oxygens (including phenoxy) is 3. The topological polar surface area (TPSA) is 68.2 Å². The molecule has 0 bridgehead atoms. The van der Waals surface area contributed by atoms with Gasteiger partial charge < -0.3 is 24.4 Å². The van der Waals surface area contributed by atoms with E-state index in [0.29, 0.717) is 18.6 Å². The lowest BCUT2D eigenvalue weighted by atomic mass is 9.87. The van der Waals surface area contributed by atoms with Crippen molar-refractivity contribution in [1.29, 1.82) is 0 Å². The Balaban J connectivity index is 1.56. The molecule has 0 unspecified atom stereocenters. The van der Waals surface area contributed by atoms with E-state index < -0.39 is 0 Å². The summed E-state index contributed by atoms with van der Waals surface area (Å²) in [7, 11) is 1.46. The number of hydrogen-bond acceptors (Lipinski definition) is 5. The van der Waals surface area contributed by atoms with Crippen LogP contribution in [0, 0.1) is 0 Å². The molecular weight excluding hydrogens is 392 g/mol. The summed E-state index contributed by atoms with van der Waals surface area (Å²) in [6.45, 7) is 6.74. The summed E-state index contributed by atoms with van der Waals surface area (Å²) in [4.78, 5) is 0. The van der Waals surface area contributed by atoms with Crippen LogP contribution in [0.25, 0.3) is 6.08 Å². The van der Waals surface area contributed by atoms with Gasteiger partial charge in [-0.15, -0.1) is 0 Å². The molecule has 2 heterocycles. The summed E-state index contributed by atoms with van der Waals surface area (Å²) in [6, 6.07) is 7.50. The summed E-state index contributed by atoms with van der Waals surface area (Å²) in [5.41, 5.74) is 3.66. The average molecular weight is 423 g/mol. The molecule has 0 saturated heterocycles. The fourth-order valence-electron chi connectivity index (χ4n) is 4.31. The molecule has 5 heteroatoms. The zero-order valence-electron chi connectivity index (χ0n) is 18.6. The summed E-state index contributed by atoms with van der Waals surface area (Å²) in [5, 5.41) is 20.6. The summed E-state index contributed by atoms with van der Waals surface area (Å²) >= 11 is 0. The standard InChI is InChI=1S/C26H30O5/c1-16(2)6-5-12-26(3)13-11-20-21(31-26)9-7-17-14-18(15-30-25(17)20)19-8-10-22(29-4)24(28)23(19)27/h6-11,13,18,27-28H,5,12,14-15H2,1-4H3/t18-,26+/m1/s1. The Kier molecular flexibility index (Phi) is 5.61. The number of fused-ring (bicyclic) bond motifs is 3. The first-order valence-electron chi connectivity index (χ1n) is 10.7. The van der Waals surface area contributed by atoms with Crippen molar-refractivity contribution < 1.29 is 24.4 Å². The number of hydrogen-bond donors (Lipinski definition) is 2. The van der Waals surface area contributed by atoms with Crippen LogP contribution in [0.5, 0.6) is 28.7 Å². The van der Waals surface area contributed by atoms with Gasteiger partial charge in [-0.05, 0) is 69.9 Å². The molecule has 0 amide bonds. The highest BCUT2D eigenvalue weighted by Gasteiger charge is 2.32. The molecule has 2 aromatic carbocycles. The van der Waals surface area contributed by atoms with Crippen molar-refractivity contribution in [1.82, 2.24) is 0 Å². The Morgan fingerprint density at radius 3 is 2.74 bits per heavy atom. The summed E-state index contributed by atoms with van der Waals surface area (Å²) in [6.07, 6.45) is 9.05. The van der Waals surface area contributed by atoms with Gasteiger partial charge in [0.25, 0.3) is 0 Å². The van der Waals surface area contributed by atoms with Crippen LogP contribution in [-0.4, -0.2) is 29.5 Å². The van der Waals surface area contributed by atoms with E-state index in [1.54, 1.807) is 12.1 Å². The Bertz CT molecular complexity index is 1050. The molecule has 2 aliphatic heterocycles. The maximum atomic E-state index is 10.4.